The van der Waals surface area contributed by atoms with Crippen LogP contribution in [-0.2, 0) is 21.8 Å². The Balaban J connectivity index is 2.36. The van der Waals surface area contributed by atoms with Crippen LogP contribution in [0.4, 0.5) is 5.69 Å². The molecule has 0 aliphatic carbocycles. The van der Waals surface area contributed by atoms with E-state index in [1.807, 2.05) is 19.9 Å². The van der Waals surface area contributed by atoms with Crippen LogP contribution in [0, 0.1) is 13.8 Å². The van der Waals surface area contributed by atoms with Gasteiger partial charge in [-0.1, -0.05) is 6.07 Å². The predicted octanol–water partition coefficient (Wildman–Crippen LogP) is 2.23. The predicted molar refractivity (Wildman–Crippen MR) is 83.5 cm³/mol. The second-order valence-corrected chi connectivity index (χ2v) is 6.83. The molecule has 7 heteroatoms. The number of carbonyl (C=O) groups excluding carboxylic acids is 1. The van der Waals surface area contributed by atoms with Gasteiger partial charge in [0.05, 0.1) is 7.11 Å². The summed E-state index contributed by atoms with van der Waals surface area (Å²) < 4.78 is 33.4. The number of methoxy groups -OCH3 is 1. The first-order chi connectivity index (χ1) is 10.2. The van der Waals surface area contributed by atoms with Crippen molar-refractivity contribution in [3.8, 4) is 0 Å². The maximum atomic E-state index is 12.4. The topological polar surface area (TPSA) is 77.4 Å². The van der Waals surface area contributed by atoms with E-state index in [2.05, 4.69) is 9.46 Å². The van der Waals surface area contributed by atoms with E-state index in [9.17, 15) is 13.2 Å². The molecule has 0 radical (unpaired) electrons. The molecular weight excluding hydrogens is 304 g/mol. The zero-order valence-electron chi connectivity index (χ0n) is 12.9. The molecule has 0 saturated heterocycles. The maximum Gasteiger partial charge on any atom is 0.354 e. The fourth-order valence-electron chi connectivity index (χ4n) is 2.24. The molecule has 2 rings (SSSR count). The molecule has 0 saturated carbocycles. The lowest BCUT2D eigenvalue weighted by Gasteiger charge is -2.08. The third-order valence-corrected chi connectivity index (χ3v) is 4.51. The monoisotopic (exact) mass is 322 g/mol. The number of nitrogens with one attached hydrogen (secondary N) is 1. The first-order valence-corrected chi connectivity index (χ1v) is 8.07. The highest BCUT2D eigenvalue weighted by molar-refractivity contribution is 7.92. The summed E-state index contributed by atoms with van der Waals surface area (Å²) in [5.74, 6) is -0.588. The summed E-state index contributed by atoms with van der Waals surface area (Å²) in [4.78, 5) is 11.6. The minimum Gasteiger partial charge on any atom is -0.464 e. The van der Waals surface area contributed by atoms with Crippen LogP contribution in [0.15, 0.2) is 35.4 Å². The average molecular weight is 322 g/mol. The van der Waals surface area contributed by atoms with Gasteiger partial charge in [-0.25, -0.2) is 13.2 Å². The summed E-state index contributed by atoms with van der Waals surface area (Å²) in [5.41, 5.74) is 2.58. The van der Waals surface area contributed by atoms with E-state index < -0.39 is 16.0 Å². The third kappa shape index (κ3) is 3.30. The van der Waals surface area contributed by atoms with Crippen molar-refractivity contribution >= 4 is 21.7 Å². The van der Waals surface area contributed by atoms with Gasteiger partial charge in [0.2, 0.25) is 0 Å². The highest BCUT2D eigenvalue weighted by Gasteiger charge is 2.21. The Morgan fingerprint density at radius 3 is 2.27 bits per heavy atom. The van der Waals surface area contributed by atoms with Gasteiger partial charge in [-0.3, -0.25) is 4.72 Å². The normalized spacial score (nSPS) is 11.3. The summed E-state index contributed by atoms with van der Waals surface area (Å²) in [7, 11) is -0.936. The van der Waals surface area contributed by atoms with E-state index in [1.165, 1.54) is 23.9 Å². The van der Waals surface area contributed by atoms with Crippen LogP contribution >= 0.6 is 0 Å². The molecule has 1 aromatic heterocycles. The number of benzene rings is 1. The maximum absolute atomic E-state index is 12.4. The number of carbonyl (C=O) groups is 1. The van der Waals surface area contributed by atoms with Crippen molar-refractivity contribution in [1.82, 2.24) is 4.57 Å². The molecular formula is C15H18N2O4S. The van der Waals surface area contributed by atoms with Gasteiger partial charge >= 0.3 is 5.97 Å². The quantitative estimate of drug-likeness (QED) is 0.876. The molecule has 0 bridgehead atoms. The Labute approximate surface area is 129 Å². The van der Waals surface area contributed by atoms with E-state index in [4.69, 9.17) is 0 Å². The molecule has 1 N–H and O–H groups in total. The number of rotatable bonds is 4. The lowest BCUT2D eigenvalue weighted by molar-refractivity contribution is 0.0590. The lowest BCUT2D eigenvalue weighted by Crippen LogP contribution is -2.12. The standard InChI is InChI=1S/C15H18N2O4S/c1-10-5-11(2)7-12(6-10)16-22(19,20)13-8-14(15(18)21-4)17(3)9-13/h5-9,16H,1-4H3. The van der Waals surface area contributed by atoms with Crippen molar-refractivity contribution in [2.45, 2.75) is 18.7 Å². The SMILES string of the molecule is COC(=O)c1cc(S(=O)(=O)Nc2cc(C)cc(C)c2)cn1C. The van der Waals surface area contributed by atoms with Gasteiger partial charge in [-0.05, 0) is 43.2 Å². The second-order valence-electron chi connectivity index (χ2n) is 5.15. The largest absolute Gasteiger partial charge is 0.464 e. The van der Waals surface area contributed by atoms with Crippen LogP contribution in [0.25, 0.3) is 0 Å². The Kier molecular flexibility index (Phi) is 4.27. The molecule has 1 heterocycles. The van der Waals surface area contributed by atoms with Crippen molar-refractivity contribution < 1.29 is 17.9 Å². The Hall–Kier alpha value is -2.28. The number of nitrogens with zero attached hydrogens (tertiary/aromatic N) is 1. The van der Waals surface area contributed by atoms with E-state index in [0.29, 0.717) is 5.69 Å². The van der Waals surface area contributed by atoms with Crippen molar-refractivity contribution in [2.24, 2.45) is 7.05 Å². The minimum absolute atomic E-state index is 0.00885. The minimum atomic E-state index is -3.77. The first-order valence-electron chi connectivity index (χ1n) is 6.59. The van der Waals surface area contributed by atoms with Gasteiger partial charge in [-0.15, -0.1) is 0 Å². The molecule has 0 unspecified atom stereocenters. The highest BCUT2D eigenvalue weighted by Crippen LogP contribution is 2.20. The fourth-order valence-corrected chi connectivity index (χ4v) is 3.35. The summed E-state index contributed by atoms with van der Waals surface area (Å²) in [6, 6.07) is 6.73. The molecule has 0 amide bonds. The number of ether oxygens (including phenoxy) is 1. The molecule has 0 aliphatic rings. The molecule has 6 nitrogen and oxygen atoms in total. The van der Waals surface area contributed by atoms with Gasteiger partial charge in [0, 0.05) is 18.9 Å². The number of hydrogen-bond donors (Lipinski definition) is 1. The van der Waals surface area contributed by atoms with Crippen molar-refractivity contribution in [3.05, 3.63) is 47.3 Å². The zero-order chi connectivity index (χ0) is 16.5. The van der Waals surface area contributed by atoms with Crippen molar-refractivity contribution in [1.29, 1.82) is 0 Å². The third-order valence-electron chi connectivity index (χ3n) is 3.16. The highest BCUT2D eigenvalue weighted by atomic mass is 32.2. The molecule has 2 aromatic rings. The molecule has 1 aromatic carbocycles. The van der Waals surface area contributed by atoms with Crippen LogP contribution in [0.1, 0.15) is 21.6 Å². The van der Waals surface area contributed by atoms with Crippen LogP contribution < -0.4 is 4.72 Å². The Bertz CT molecular complexity index is 802. The van der Waals surface area contributed by atoms with Gasteiger partial charge in [0.1, 0.15) is 10.6 Å². The summed E-state index contributed by atoms with van der Waals surface area (Å²) in [5, 5.41) is 0. The van der Waals surface area contributed by atoms with Crippen LogP contribution in [0.3, 0.4) is 0 Å². The molecule has 0 atom stereocenters. The first kappa shape index (κ1) is 16.1. The van der Waals surface area contributed by atoms with Gasteiger partial charge in [-0.2, -0.15) is 0 Å². The molecule has 0 fully saturated rings. The number of hydrogen-bond acceptors (Lipinski definition) is 4. The molecule has 118 valence electrons. The summed E-state index contributed by atoms with van der Waals surface area (Å²) >= 11 is 0. The number of aryl methyl sites for hydroxylation is 3. The molecule has 22 heavy (non-hydrogen) atoms. The van der Waals surface area contributed by atoms with Crippen LogP contribution in [-0.4, -0.2) is 26.1 Å². The van der Waals surface area contributed by atoms with Crippen LogP contribution in [0.2, 0.25) is 0 Å². The molecule has 0 aliphatic heterocycles. The van der Waals surface area contributed by atoms with Crippen molar-refractivity contribution in [2.75, 3.05) is 11.8 Å². The van der Waals surface area contributed by atoms with E-state index >= 15 is 0 Å². The van der Waals surface area contributed by atoms with Gasteiger partial charge in [0.25, 0.3) is 10.0 Å². The van der Waals surface area contributed by atoms with E-state index in [1.54, 1.807) is 19.2 Å². The molecule has 0 spiro atoms. The van der Waals surface area contributed by atoms with Crippen molar-refractivity contribution in [3.63, 3.8) is 0 Å². The number of aromatic nitrogens is 1. The Morgan fingerprint density at radius 2 is 1.73 bits per heavy atom. The number of esters is 1. The summed E-state index contributed by atoms with van der Waals surface area (Å²) in [6.07, 6.45) is 1.37. The lowest BCUT2D eigenvalue weighted by atomic mass is 10.1. The van der Waals surface area contributed by atoms with E-state index in [-0.39, 0.29) is 10.6 Å². The zero-order valence-corrected chi connectivity index (χ0v) is 13.7. The Morgan fingerprint density at radius 1 is 1.14 bits per heavy atom. The van der Waals surface area contributed by atoms with Gasteiger partial charge in [0.15, 0.2) is 0 Å². The fraction of sp³-hybridized carbons (Fsp3) is 0.267. The smallest absolute Gasteiger partial charge is 0.354 e. The number of sulfonamides is 1. The second kappa shape index (κ2) is 5.84. The van der Waals surface area contributed by atoms with Gasteiger partial charge < -0.3 is 9.30 Å². The van der Waals surface area contributed by atoms with Crippen LogP contribution in [0.5, 0.6) is 0 Å². The average Bonchev–Trinajstić information content (AvgIpc) is 2.79. The summed E-state index contributed by atoms with van der Waals surface area (Å²) in [6.45, 7) is 3.78. The van der Waals surface area contributed by atoms with E-state index in [0.717, 1.165) is 11.1 Å². The number of anilines is 1.